The molecular weight excluding hydrogens is 296 g/mol. The summed E-state index contributed by atoms with van der Waals surface area (Å²) in [6.07, 6.45) is -1.56. The molecule has 90 valence electrons. The highest BCUT2D eigenvalue weighted by Crippen LogP contribution is 2.35. The lowest BCUT2D eigenvalue weighted by Crippen LogP contribution is -1.97. The Labute approximate surface area is 104 Å². The van der Waals surface area contributed by atoms with Gasteiger partial charge in [-0.1, -0.05) is 5.16 Å². The lowest BCUT2D eigenvalue weighted by Gasteiger charge is -2.06. The van der Waals surface area contributed by atoms with E-state index in [0.29, 0.717) is 22.7 Å². The van der Waals surface area contributed by atoms with Crippen LogP contribution in [0, 0.1) is 13.8 Å². The molecule has 0 bridgehead atoms. The highest BCUT2D eigenvalue weighted by Gasteiger charge is 2.22. The van der Waals surface area contributed by atoms with Crippen LogP contribution < -0.4 is 0 Å². The lowest BCUT2D eigenvalue weighted by atomic mass is 10.1. The molecule has 2 aromatic heterocycles. The van der Waals surface area contributed by atoms with E-state index >= 15 is 0 Å². The van der Waals surface area contributed by atoms with Crippen molar-refractivity contribution in [2.75, 3.05) is 0 Å². The van der Waals surface area contributed by atoms with Crippen molar-refractivity contribution in [1.82, 2.24) is 15.1 Å². The molecule has 0 aliphatic carbocycles. The highest BCUT2D eigenvalue weighted by molar-refractivity contribution is 9.10. The van der Waals surface area contributed by atoms with Gasteiger partial charge in [0.25, 0.3) is 6.43 Å². The Balaban J connectivity index is 2.65. The van der Waals surface area contributed by atoms with Crippen LogP contribution >= 0.6 is 15.9 Å². The number of halogens is 3. The van der Waals surface area contributed by atoms with E-state index in [1.165, 1.54) is 0 Å². The molecule has 2 heterocycles. The van der Waals surface area contributed by atoms with Gasteiger partial charge in [0.2, 0.25) is 0 Å². The predicted octanol–water partition coefficient (Wildman–Crippen LogP) is 3.45. The van der Waals surface area contributed by atoms with E-state index in [2.05, 4.69) is 31.1 Å². The molecule has 0 aromatic carbocycles. The standard InChI is InChI=1S/C10H8BrF2N3O/c1-4-6(5(2)17-16-4)8-7(11)9(10(12)13)15-3-14-8/h3,10H,1-2H3. The Kier molecular flexibility index (Phi) is 3.19. The molecule has 2 rings (SSSR count). The monoisotopic (exact) mass is 303 g/mol. The van der Waals surface area contributed by atoms with Gasteiger partial charge in [0.1, 0.15) is 17.8 Å². The second-order valence-corrected chi connectivity index (χ2v) is 4.21. The minimum absolute atomic E-state index is 0.171. The number of nitrogens with zero attached hydrogens (tertiary/aromatic N) is 3. The third-order valence-electron chi connectivity index (χ3n) is 2.29. The van der Waals surface area contributed by atoms with Crippen molar-refractivity contribution in [3.8, 4) is 11.3 Å². The number of aryl methyl sites for hydroxylation is 2. The fraction of sp³-hybridized carbons (Fsp3) is 0.300. The maximum atomic E-state index is 12.7. The van der Waals surface area contributed by atoms with Crippen LogP contribution in [0.25, 0.3) is 11.3 Å². The Morgan fingerprint density at radius 1 is 1.29 bits per heavy atom. The fourth-order valence-electron chi connectivity index (χ4n) is 1.53. The third-order valence-corrected chi connectivity index (χ3v) is 3.08. The van der Waals surface area contributed by atoms with Crippen molar-refractivity contribution in [2.24, 2.45) is 0 Å². The summed E-state index contributed by atoms with van der Waals surface area (Å²) in [6.45, 7) is 3.42. The molecule has 0 saturated carbocycles. The second kappa shape index (κ2) is 4.48. The van der Waals surface area contributed by atoms with Crippen LogP contribution in [0.5, 0.6) is 0 Å². The minimum Gasteiger partial charge on any atom is -0.361 e. The smallest absolute Gasteiger partial charge is 0.281 e. The molecule has 0 aliphatic heterocycles. The normalized spacial score (nSPS) is 11.2. The van der Waals surface area contributed by atoms with Crippen LogP contribution in [0.2, 0.25) is 0 Å². The van der Waals surface area contributed by atoms with Crippen molar-refractivity contribution in [3.63, 3.8) is 0 Å². The van der Waals surface area contributed by atoms with Gasteiger partial charge in [0.05, 0.1) is 21.4 Å². The van der Waals surface area contributed by atoms with Crippen molar-refractivity contribution in [2.45, 2.75) is 20.3 Å². The van der Waals surface area contributed by atoms with E-state index in [1.807, 2.05) is 0 Å². The van der Waals surface area contributed by atoms with Crippen LogP contribution in [-0.4, -0.2) is 15.1 Å². The fourth-order valence-corrected chi connectivity index (χ4v) is 2.11. The SMILES string of the molecule is Cc1noc(C)c1-c1ncnc(C(F)F)c1Br. The van der Waals surface area contributed by atoms with E-state index < -0.39 is 6.43 Å². The van der Waals surface area contributed by atoms with Crippen LogP contribution in [-0.2, 0) is 0 Å². The van der Waals surface area contributed by atoms with Crippen LogP contribution in [0.1, 0.15) is 23.6 Å². The first-order valence-corrected chi connectivity index (χ1v) is 5.53. The third kappa shape index (κ3) is 2.06. The van der Waals surface area contributed by atoms with Crippen LogP contribution in [0.15, 0.2) is 15.3 Å². The molecule has 0 atom stereocenters. The molecule has 0 N–H and O–H groups in total. The van der Waals surface area contributed by atoms with Gasteiger partial charge >= 0.3 is 0 Å². The molecule has 0 unspecified atom stereocenters. The van der Waals surface area contributed by atoms with Gasteiger partial charge in [-0.25, -0.2) is 18.7 Å². The van der Waals surface area contributed by atoms with Gasteiger partial charge < -0.3 is 4.52 Å². The van der Waals surface area contributed by atoms with E-state index in [-0.39, 0.29) is 10.2 Å². The van der Waals surface area contributed by atoms with Crippen LogP contribution in [0.3, 0.4) is 0 Å². The average Bonchev–Trinajstić information content (AvgIpc) is 2.59. The van der Waals surface area contributed by atoms with Gasteiger partial charge in [-0.3, -0.25) is 0 Å². The minimum atomic E-state index is -2.66. The Morgan fingerprint density at radius 2 is 2.00 bits per heavy atom. The largest absolute Gasteiger partial charge is 0.361 e. The predicted molar refractivity (Wildman–Crippen MR) is 59.7 cm³/mol. The van der Waals surface area contributed by atoms with Crippen molar-refractivity contribution < 1.29 is 13.3 Å². The van der Waals surface area contributed by atoms with E-state index in [0.717, 1.165) is 6.33 Å². The zero-order chi connectivity index (χ0) is 12.6. The number of rotatable bonds is 2. The molecular formula is C10H8BrF2N3O. The highest BCUT2D eigenvalue weighted by atomic mass is 79.9. The van der Waals surface area contributed by atoms with Gasteiger partial charge in [-0.05, 0) is 29.8 Å². The zero-order valence-electron chi connectivity index (χ0n) is 9.04. The quantitative estimate of drug-likeness (QED) is 0.852. The van der Waals surface area contributed by atoms with Crippen molar-refractivity contribution in [1.29, 1.82) is 0 Å². The average molecular weight is 304 g/mol. The first kappa shape index (κ1) is 12.1. The zero-order valence-corrected chi connectivity index (χ0v) is 10.6. The second-order valence-electron chi connectivity index (χ2n) is 3.42. The molecule has 0 fully saturated rings. The van der Waals surface area contributed by atoms with Gasteiger partial charge in [0, 0.05) is 0 Å². The summed E-state index contributed by atoms with van der Waals surface area (Å²) in [4.78, 5) is 7.54. The first-order chi connectivity index (χ1) is 8.02. The molecule has 2 aromatic rings. The Morgan fingerprint density at radius 3 is 2.53 bits per heavy atom. The van der Waals surface area contributed by atoms with Gasteiger partial charge in [-0.15, -0.1) is 0 Å². The Bertz CT molecular complexity index is 537. The molecule has 17 heavy (non-hydrogen) atoms. The summed E-state index contributed by atoms with van der Waals surface area (Å²) < 4.78 is 30.5. The summed E-state index contributed by atoms with van der Waals surface area (Å²) in [6, 6.07) is 0. The lowest BCUT2D eigenvalue weighted by molar-refractivity contribution is 0.145. The summed E-state index contributed by atoms with van der Waals surface area (Å²) in [5.41, 5.74) is 1.24. The molecule has 0 amide bonds. The molecule has 0 aliphatic rings. The first-order valence-electron chi connectivity index (χ1n) is 4.74. The van der Waals surface area contributed by atoms with E-state index in [1.54, 1.807) is 13.8 Å². The maximum absolute atomic E-state index is 12.7. The topological polar surface area (TPSA) is 51.8 Å². The number of aromatic nitrogens is 3. The number of hydrogen-bond donors (Lipinski definition) is 0. The summed E-state index contributed by atoms with van der Waals surface area (Å²) in [5.74, 6) is 0.530. The van der Waals surface area contributed by atoms with Crippen LogP contribution in [0.4, 0.5) is 8.78 Å². The summed E-state index contributed by atoms with van der Waals surface area (Å²) in [7, 11) is 0. The van der Waals surface area contributed by atoms with Crippen molar-refractivity contribution >= 4 is 15.9 Å². The summed E-state index contributed by atoms with van der Waals surface area (Å²) >= 11 is 3.10. The Hall–Kier alpha value is -1.37. The number of alkyl halides is 2. The molecule has 4 nitrogen and oxygen atoms in total. The van der Waals surface area contributed by atoms with Gasteiger partial charge in [0.15, 0.2) is 0 Å². The molecule has 7 heteroatoms. The molecule has 0 radical (unpaired) electrons. The summed E-state index contributed by atoms with van der Waals surface area (Å²) in [5, 5.41) is 3.76. The molecule has 0 spiro atoms. The number of hydrogen-bond acceptors (Lipinski definition) is 4. The van der Waals surface area contributed by atoms with E-state index in [9.17, 15) is 8.78 Å². The van der Waals surface area contributed by atoms with Crippen molar-refractivity contribution in [3.05, 3.63) is 27.9 Å². The van der Waals surface area contributed by atoms with E-state index in [4.69, 9.17) is 4.52 Å². The molecule has 0 saturated heterocycles. The van der Waals surface area contributed by atoms with Gasteiger partial charge in [-0.2, -0.15) is 0 Å². The maximum Gasteiger partial charge on any atom is 0.281 e.